The number of amides is 6. The van der Waals surface area contributed by atoms with E-state index in [2.05, 4.69) is 46.9 Å². The maximum atomic E-state index is 11.6. The van der Waals surface area contributed by atoms with Gasteiger partial charge in [0, 0.05) is 26.1 Å². The smallest absolute Gasteiger partial charge is 0.321 e. The number of rotatable bonds is 6. The second kappa shape index (κ2) is 18.0. The highest BCUT2D eigenvalue weighted by Crippen LogP contribution is 2.38. The molecule has 6 amide bonds. The Morgan fingerprint density at radius 3 is 1.82 bits per heavy atom. The first-order valence-electron chi connectivity index (χ1n) is 15.2. The lowest BCUT2D eigenvalue weighted by Gasteiger charge is -2.05. The minimum atomic E-state index is -0.331. The van der Waals surface area contributed by atoms with Crippen LogP contribution in [0.15, 0.2) is 24.3 Å². The number of carbonyl (C=O) groups is 4. The number of aryl methyl sites for hydroxylation is 1. The number of thiazole rings is 3. The molecule has 266 valence electrons. The molecule has 6 rings (SSSR count). The summed E-state index contributed by atoms with van der Waals surface area (Å²) in [6.45, 7) is 7.12. The van der Waals surface area contributed by atoms with Crippen molar-refractivity contribution >= 4 is 117 Å². The molecular weight excluding hydrogens is 749 g/mol. The van der Waals surface area contributed by atoms with Gasteiger partial charge in [-0.25, -0.2) is 29.3 Å². The summed E-state index contributed by atoms with van der Waals surface area (Å²) in [6, 6.07) is 5.39. The fraction of sp³-hybridized carbons (Fsp3) is 0.300. The molecule has 0 bridgehead atoms. The molecule has 8 N–H and O–H groups in total. The molecule has 0 unspecified atom stereocenters. The Morgan fingerprint density at radius 1 is 0.720 bits per heavy atom. The Balaban J connectivity index is 0.000000169. The number of urea groups is 3. The molecule has 50 heavy (non-hydrogen) atoms. The highest BCUT2D eigenvalue weighted by Gasteiger charge is 2.22. The molecule has 20 heteroatoms. The topological polar surface area (TPSA) is 220 Å². The lowest BCUT2D eigenvalue weighted by Crippen LogP contribution is -2.28. The number of anilines is 3. The van der Waals surface area contributed by atoms with Crippen molar-refractivity contribution in [1.29, 1.82) is 0 Å². The second-order valence-corrected chi connectivity index (χ2v) is 13.9. The van der Waals surface area contributed by atoms with Crippen molar-refractivity contribution in [2.75, 3.05) is 35.6 Å². The lowest BCUT2D eigenvalue weighted by atomic mass is 10.0. The molecule has 0 fully saturated rings. The van der Waals surface area contributed by atoms with Gasteiger partial charge in [-0.05, 0) is 57.9 Å². The minimum Gasteiger partial charge on any atom is -0.506 e. The number of carbonyl (C=O) groups excluding carboxylic acids is 4. The lowest BCUT2D eigenvalue weighted by molar-refractivity contribution is 0.0976. The Morgan fingerprint density at radius 2 is 1.26 bits per heavy atom. The average molecular weight is 783 g/mol. The van der Waals surface area contributed by atoms with Crippen molar-refractivity contribution in [3.8, 4) is 11.5 Å². The average Bonchev–Trinajstić information content (AvgIpc) is 3.80. The zero-order valence-electron chi connectivity index (χ0n) is 26.9. The quantitative estimate of drug-likeness (QED) is 0.0859. The van der Waals surface area contributed by atoms with Gasteiger partial charge >= 0.3 is 18.1 Å². The van der Waals surface area contributed by atoms with Crippen molar-refractivity contribution in [2.24, 2.45) is 0 Å². The molecule has 0 saturated heterocycles. The van der Waals surface area contributed by atoms with Crippen molar-refractivity contribution in [3.05, 3.63) is 44.9 Å². The van der Waals surface area contributed by atoms with E-state index in [-0.39, 0.29) is 40.4 Å². The Labute approximate surface area is 307 Å². The highest BCUT2D eigenvalue weighted by molar-refractivity contribution is 7.23. The summed E-state index contributed by atoms with van der Waals surface area (Å²) in [5.74, 6) is 0.235. The van der Waals surface area contributed by atoms with Crippen LogP contribution in [0.5, 0.6) is 11.5 Å². The van der Waals surface area contributed by atoms with Gasteiger partial charge in [0.2, 0.25) is 0 Å². The number of phenols is 2. The number of Topliss-reactive ketones (excluding diaryl/α,β-unsaturated/α-hetero) is 1. The van der Waals surface area contributed by atoms with E-state index in [9.17, 15) is 29.4 Å². The van der Waals surface area contributed by atoms with E-state index in [0.29, 0.717) is 71.8 Å². The highest BCUT2D eigenvalue weighted by atomic mass is 35.5. The van der Waals surface area contributed by atoms with Crippen LogP contribution < -0.4 is 31.9 Å². The Hall–Kier alpha value is -4.49. The van der Waals surface area contributed by atoms with Crippen molar-refractivity contribution < 1.29 is 29.4 Å². The maximum absolute atomic E-state index is 11.6. The number of hydrogen-bond acceptors (Lipinski definition) is 12. The SMILES string of the molecule is CCNC(=O)Nc1nc2c(Cl)ccc(O)c2s1.CCNC(=O)Nc1nc2c(s1)C(=O)CCC2.CCNC(=O)Nc1nc2ccc(Cl)c(O)c2s1. The van der Waals surface area contributed by atoms with Crippen LogP contribution in [-0.4, -0.2) is 68.7 Å². The van der Waals surface area contributed by atoms with Gasteiger partial charge in [-0.2, -0.15) is 0 Å². The fourth-order valence-corrected chi connectivity index (χ4v) is 7.50. The third kappa shape index (κ3) is 10.0. The zero-order chi connectivity index (χ0) is 36.4. The minimum absolute atomic E-state index is 0.00869. The summed E-state index contributed by atoms with van der Waals surface area (Å²) in [5, 5.41) is 37.0. The predicted octanol–water partition coefficient (Wildman–Crippen LogP) is 7.40. The molecular formula is C30H33Cl2N9O6S3. The molecule has 0 aliphatic heterocycles. The van der Waals surface area contributed by atoms with Gasteiger partial charge in [0.05, 0.1) is 35.5 Å². The van der Waals surface area contributed by atoms with Gasteiger partial charge in [-0.3, -0.25) is 20.7 Å². The van der Waals surface area contributed by atoms with Crippen LogP contribution in [0.25, 0.3) is 20.4 Å². The number of aromatic nitrogens is 3. The standard InChI is InChI=1S/2C10H10ClN3O2S.C10H13N3O2S/c1-2-12-9(16)14-10-13-7-5(11)3-4-6(15)8(7)17-10;1-2-12-9(16)14-10-13-6-4-3-5(11)7(15)8(6)17-10;1-2-11-9(15)13-10-12-6-4-3-5-7(14)8(6)16-10/h2*3-4,15H,2H2,1H3,(H2,12,13,14,16);2-5H2,1H3,(H2,11,12,13,15). The van der Waals surface area contributed by atoms with Crippen molar-refractivity contribution in [2.45, 2.75) is 40.0 Å². The molecule has 3 heterocycles. The van der Waals surface area contributed by atoms with Crippen LogP contribution in [0.3, 0.4) is 0 Å². The number of nitrogens with zero attached hydrogens (tertiary/aromatic N) is 3. The van der Waals surface area contributed by atoms with E-state index in [1.807, 2.05) is 20.8 Å². The molecule has 0 spiro atoms. The summed E-state index contributed by atoms with van der Waals surface area (Å²) in [7, 11) is 0. The van der Waals surface area contributed by atoms with Gasteiger partial charge < -0.3 is 26.2 Å². The molecule has 15 nitrogen and oxygen atoms in total. The monoisotopic (exact) mass is 781 g/mol. The summed E-state index contributed by atoms with van der Waals surface area (Å²) in [5.41, 5.74) is 1.92. The number of aromatic hydroxyl groups is 2. The first-order valence-corrected chi connectivity index (χ1v) is 18.4. The van der Waals surface area contributed by atoms with Gasteiger partial charge in [0.1, 0.15) is 11.3 Å². The van der Waals surface area contributed by atoms with Crippen LogP contribution in [0.1, 0.15) is 49.0 Å². The van der Waals surface area contributed by atoms with Crippen LogP contribution in [0, 0.1) is 0 Å². The Bertz CT molecular complexity index is 1980. The number of fused-ring (bicyclic) bond motifs is 3. The van der Waals surface area contributed by atoms with Gasteiger partial charge in [0.25, 0.3) is 0 Å². The molecule has 1 aliphatic carbocycles. The number of hydrogen-bond donors (Lipinski definition) is 8. The van der Waals surface area contributed by atoms with E-state index >= 15 is 0 Å². The van der Waals surface area contributed by atoms with E-state index in [0.717, 1.165) is 18.5 Å². The van der Waals surface area contributed by atoms with Crippen LogP contribution in [0.2, 0.25) is 10.0 Å². The molecule has 2 aromatic carbocycles. The molecule has 1 aliphatic rings. The molecule has 5 aromatic rings. The largest absolute Gasteiger partial charge is 0.506 e. The number of halogens is 2. The molecule has 0 atom stereocenters. The van der Waals surface area contributed by atoms with Crippen LogP contribution in [0.4, 0.5) is 29.8 Å². The molecule has 0 saturated carbocycles. The predicted molar refractivity (Wildman–Crippen MR) is 200 cm³/mol. The van der Waals surface area contributed by atoms with Gasteiger partial charge in [-0.15, -0.1) is 0 Å². The summed E-state index contributed by atoms with van der Waals surface area (Å²) >= 11 is 15.3. The van der Waals surface area contributed by atoms with E-state index in [4.69, 9.17) is 23.2 Å². The summed E-state index contributed by atoms with van der Waals surface area (Å²) < 4.78 is 1.12. The first-order chi connectivity index (χ1) is 23.9. The number of ketones is 1. The van der Waals surface area contributed by atoms with Crippen LogP contribution >= 0.6 is 57.2 Å². The number of nitrogens with one attached hydrogen (secondary N) is 6. The molecule has 3 aromatic heterocycles. The Kier molecular flexibility index (Phi) is 13.8. The summed E-state index contributed by atoms with van der Waals surface area (Å²) in [6.07, 6.45) is 2.28. The normalized spacial score (nSPS) is 11.7. The third-order valence-corrected chi connectivity index (χ3v) is 10.0. The first kappa shape index (κ1) is 38.3. The van der Waals surface area contributed by atoms with Gasteiger partial charge in [0.15, 0.2) is 26.9 Å². The van der Waals surface area contributed by atoms with Crippen molar-refractivity contribution in [1.82, 2.24) is 30.9 Å². The van der Waals surface area contributed by atoms with E-state index in [1.165, 1.54) is 40.1 Å². The zero-order valence-corrected chi connectivity index (χ0v) is 30.9. The van der Waals surface area contributed by atoms with Crippen molar-refractivity contribution in [3.63, 3.8) is 0 Å². The van der Waals surface area contributed by atoms with E-state index in [1.54, 1.807) is 18.2 Å². The third-order valence-electron chi connectivity index (χ3n) is 6.40. The number of phenolic OH excluding ortho intramolecular Hbond substituents is 2. The molecule has 0 radical (unpaired) electrons. The van der Waals surface area contributed by atoms with E-state index < -0.39 is 0 Å². The van der Waals surface area contributed by atoms with Crippen LogP contribution in [-0.2, 0) is 6.42 Å². The number of benzene rings is 2. The van der Waals surface area contributed by atoms with Gasteiger partial charge in [-0.1, -0.05) is 57.2 Å². The fourth-order valence-electron chi connectivity index (χ4n) is 4.25. The maximum Gasteiger partial charge on any atom is 0.321 e. The second-order valence-electron chi connectivity index (χ2n) is 10.1. The summed E-state index contributed by atoms with van der Waals surface area (Å²) in [4.78, 5) is 58.7.